The molecule has 3 heterocycles. The molecule has 5 rings (SSSR count). The second-order valence-electron chi connectivity index (χ2n) is 8.31. The van der Waals surface area contributed by atoms with Gasteiger partial charge in [-0.05, 0) is 43.2 Å². The van der Waals surface area contributed by atoms with Gasteiger partial charge in [-0.15, -0.1) is 0 Å². The number of hydrogen-bond acceptors (Lipinski definition) is 7. The second kappa shape index (κ2) is 9.05. The molecule has 8 heteroatoms. The van der Waals surface area contributed by atoms with E-state index in [-0.39, 0.29) is 17.1 Å². The van der Waals surface area contributed by atoms with Gasteiger partial charge in [-0.1, -0.05) is 29.5 Å². The van der Waals surface area contributed by atoms with E-state index in [9.17, 15) is 9.59 Å². The van der Waals surface area contributed by atoms with E-state index < -0.39 is 0 Å². The summed E-state index contributed by atoms with van der Waals surface area (Å²) in [6, 6.07) is 12.4. The van der Waals surface area contributed by atoms with Crippen LogP contribution in [0.4, 0.5) is 5.13 Å². The summed E-state index contributed by atoms with van der Waals surface area (Å²) in [5.74, 6) is -0.340. The standard InChI is InChI=1S/C25H25N3O4S/c1-16-13-17(2)23-22(14-16)33-25(26-23)28(8-7-27-9-11-31-12-10-27)24(30)21-15-19(29)18-5-3-4-6-20(18)32-21/h3-6,13-15H,7-12H2,1-2H3. The van der Waals surface area contributed by atoms with E-state index in [0.717, 1.165) is 34.4 Å². The predicted octanol–water partition coefficient (Wildman–Crippen LogP) is 4.00. The fourth-order valence-electron chi connectivity index (χ4n) is 4.17. The maximum absolute atomic E-state index is 13.7. The number of para-hydroxylation sites is 1. The first-order valence-electron chi connectivity index (χ1n) is 11.0. The summed E-state index contributed by atoms with van der Waals surface area (Å²) in [5.41, 5.74) is 3.29. The summed E-state index contributed by atoms with van der Waals surface area (Å²) in [5, 5.41) is 1.06. The van der Waals surface area contributed by atoms with E-state index in [1.165, 1.54) is 17.4 Å². The lowest BCUT2D eigenvalue weighted by atomic mass is 10.1. The van der Waals surface area contributed by atoms with Gasteiger partial charge in [-0.2, -0.15) is 0 Å². The number of aromatic nitrogens is 1. The minimum Gasteiger partial charge on any atom is -0.451 e. The Balaban J connectivity index is 1.54. The van der Waals surface area contributed by atoms with Crippen molar-refractivity contribution in [1.29, 1.82) is 0 Å². The van der Waals surface area contributed by atoms with E-state index in [1.807, 2.05) is 6.92 Å². The van der Waals surface area contributed by atoms with Crippen LogP contribution in [0, 0.1) is 13.8 Å². The molecule has 1 aliphatic heterocycles. The Bertz CT molecular complexity index is 1390. The van der Waals surface area contributed by atoms with Crippen molar-refractivity contribution in [1.82, 2.24) is 9.88 Å². The molecular formula is C25H25N3O4S. The molecule has 1 fully saturated rings. The van der Waals surface area contributed by atoms with Gasteiger partial charge in [0.05, 0.1) is 28.8 Å². The summed E-state index contributed by atoms with van der Waals surface area (Å²) in [4.78, 5) is 35.0. The largest absolute Gasteiger partial charge is 0.451 e. The fourth-order valence-corrected chi connectivity index (χ4v) is 5.33. The minimum atomic E-state index is -0.362. The number of thiazole rings is 1. The molecule has 1 saturated heterocycles. The molecule has 4 aromatic rings. The number of fused-ring (bicyclic) bond motifs is 2. The van der Waals surface area contributed by atoms with Crippen molar-refractivity contribution in [2.75, 3.05) is 44.3 Å². The topological polar surface area (TPSA) is 75.9 Å². The first kappa shape index (κ1) is 21.8. The highest BCUT2D eigenvalue weighted by Crippen LogP contribution is 2.32. The van der Waals surface area contributed by atoms with Gasteiger partial charge >= 0.3 is 0 Å². The SMILES string of the molecule is Cc1cc(C)c2nc(N(CCN3CCOCC3)C(=O)c3cc(=O)c4ccccc4o3)sc2c1. The molecule has 2 aromatic heterocycles. The van der Waals surface area contributed by atoms with Crippen LogP contribution in [0.1, 0.15) is 21.7 Å². The van der Waals surface area contributed by atoms with Gasteiger partial charge in [0, 0.05) is 32.2 Å². The molecule has 0 bridgehead atoms. The predicted molar refractivity (Wildman–Crippen MR) is 131 cm³/mol. The molecule has 0 unspecified atom stereocenters. The van der Waals surface area contributed by atoms with Crippen LogP contribution >= 0.6 is 11.3 Å². The van der Waals surface area contributed by atoms with Crippen molar-refractivity contribution in [3.8, 4) is 0 Å². The third-order valence-corrected chi connectivity index (χ3v) is 6.91. The van der Waals surface area contributed by atoms with E-state index in [0.29, 0.717) is 42.4 Å². The number of morpholine rings is 1. The molecule has 0 N–H and O–H groups in total. The van der Waals surface area contributed by atoms with Crippen LogP contribution in [-0.2, 0) is 4.74 Å². The Morgan fingerprint density at radius 1 is 1.15 bits per heavy atom. The van der Waals surface area contributed by atoms with Crippen molar-refractivity contribution in [3.63, 3.8) is 0 Å². The zero-order valence-electron chi connectivity index (χ0n) is 18.7. The average molecular weight is 464 g/mol. The number of nitrogens with zero attached hydrogens (tertiary/aromatic N) is 3. The van der Waals surface area contributed by atoms with Crippen molar-refractivity contribution in [2.24, 2.45) is 0 Å². The van der Waals surface area contributed by atoms with Gasteiger partial charge in [0.1, 0.15) is 5.58 Å². The second-order valence-corrected chi connectivity index (χ2v) is 9.32. The number of hydrogen-bond donors (Lipinski definition) is 0. The number of amides is 1. The normalized spacial score (nSPS) is 14.7. The van der Waals surface area contributed by atoms with Crippen LogP contribution in [0.15, 0.2) is 51.7 Å². The van der Waals surface area contributed by atoms with Crippen LogP contribution in [0.2, 0.25) is 0 Å². The summed E-state index contributed by atoms with van der Waals surface area (Å²) >= 11 is 1.48. The van der Waals surface area contributed by atoms with Crippen molar-refractivity contribution in [3.05, 3.63) is 69.6 Å². The number of aryl methyl sites for hydroxylation is 2. The van der Waals surface area contributed by atoms with E-state index >= 15 is 0 Å². The van der Waals surface area contributed by atoms with Crippen LogP contribution in [-0.4, -0.2) is 55.2 Å². The molecule has 1 amide bonds. The number of anilines is 1. The first-order chi connectivity index (χ1) is 16.0. The van der Waals surface area contributed by atoms with Gasteiger partial charge in [-0.25, -0.2) is 4.98 Å². The molecule has 33 heavy (non-hydrogen) atoms. The third-order valence-electron chi connectivity index (χ3n) is 5.88. The Kier molecular flexibility index (Phi) is 5.97. The Hall–Kier alpha value is -3.07. The third kappa shape index (κ3) is 4.42. The van der Waals surface area contributed by atoms with Gasteiger partial charge in [0.2, 0.25) is 0 Å². The number of carbonyl (C=O) groups excluding carboxylic acids is 1. The molecule has 0 saturated carbocycles. The van der Waals surface area contributed by atoms with E-state index in [2.05, 4.69) is 24.0 Å². The zero-order valence-corrected chi connectivity index (χ0v) is 19.5. The van der Waals surface area contributed by atoms with Crippen LogP contribution in [0.5, 0.6) is 0 Å². The van der Waals surface area contributed by atoms with Gasteiger partial charge < -0.3 is 9.15 Å². The minimum absolute atomic E-state index is 0.0211. The smallest absolute Gasteiger partial charge is 0.295 e. The van der Waals surface area contributed by atoms with Gasteiger partial charge in [-0.3, -0.25) is 19.4 Å². The molecule has 170 valence electrons. The highest BCUT2D eigenvalue weighted by atomic mass is 32.1. The van der Waals surface area contributed by atoms with Crippen LogP contribution < -0.4 is 10.3 Å². The monoisotopic (exact) mass is 463 g/mol. The number of rotatable bonds is 5. The summed E-state index contributed by atoms with van der Waals surface area (Å²) in [6.45, 7) is 8.22. The van der Waals surface area contributed by atoms with Crippen molar-refractivity contribution in [2.45, 2.75) is 13.8 Å². The highest BCUT2D eigenvalue weighted by molar-refractivity contribution is 7.22. The Morgan fingerprint density at radius 2 is 1.94 bits per heavy atom. The molecule has 0 aliphatic carbocycles. The van der Waals surface area contributed by atoms with Crippen LogP contribution in [0.25, 0.3) is 21.2 Å². The fraction of sp³-hybridized carbons (Fsp3) is 0.320. The van der Waals surface area contributed by atoms with Crippen LogP contribution in [0.3, 0.4) is 0 Å². The highest BCUT2D eigenvalue weighted by Gasteiger charge is 2.25. The molecule has 1 aliphatic rings. The lowest BCUT2D eigenvalue weighted by molar-refractivity contribution is 0.0390. The average Bonchev–Trinajstić information content (AvgIpc) is 3.24. The summed E-state index contributed by atoms with van der Waals surface area (Å²) in [7, 11) is 0. The maximum atomic E-state index is 13.7. The van der Waals surface area contributed by atoms with Gasteiger partial charge in [0.25, 0.3) is 5.91 Å². The lowest BCUT2D eigenvalue weighted by Crippen LogP contribution is -2.43. The lowest BCUT2D eigenvalue weighted by Gasteiger charge is -2.29. The van der Waals surface area contributed by atoms with Crippen molar-refractivity contribution >= 4 is 43.6 Å². The number of benzene rings is 2. The van der Waals surface area contributed by atoms with Crippen molar-refractivity contribution < 1.29 is 13.9 Å². The summed E-state index contributed by atoms with van der Waals surface area (Å²) in [6.07, 6.45) is 0. The van der Waals surface area contributed by atoms with E-state index in [1.54, 1.807) is 29.2 Å². The Morgan fingerprint density at radius 3 is 2.76 bits per heavy atom. The maximum Gasteiger partial charge on any atom is 0.295 e. The number of ether oxygens (including phenoxy) is 1. The first-order valence-corrected chi connectivity index (χ1v) is 11.8. The molecular weight excluding hydrogens is 438 g/mol. The zero-order chi connectivity index (χ0) is 22.9. The quantitative estimate of drug-likeness (QED) is 0.445. The molecule has 2 aromatic carbocycles. The Labute approximate surface area is 195 Å². The molecule has 7 nitrogen and oxygen atoms in total. The molecule has 0 radical (unpaired) electrons. The molecule has 0 atom stereocenters. The number of carbonyl (C=O) groups is 1. The van der Waals surface area contributed by atoms with Gasteiger partial charge in [0.15, 0.2) is 16.3 Å². The summed E-state index contributed by atoms with van der Waals surface area (Å²) < 4.78 is 12.3. The van der Waals surface area contributed by atoms with E-state index in [4.69, 9.17) is 14.1 Å². The molecule has 0 spiro atoms.